The summed E-state index contributed by atoms with van der Waals surface area (Å²) < 4.78 is 0. The van der Waals surface area contributed by atoms with Crippen molar-refractivity contribution in [3.05, 3.63) is 69.2 Å². The van der Waals surface area contributed by atoms with Gasteiger partial charge >= 0.3 is 0 Å². The Morgan fingerprint density at radius 3 is 2.61 bits per heavy atom. The highest BCUT2D eigenvalue weighted by atomic mass is 35.5. The van der Waals surface area contributed by atoms with Gasteiger partial charge in [-0.25, -0.2) is 0 Å². The summed E-state index contributed by atoms with van der Waals surface area (Å²) in [6.45, 7) is 0.568. The van der Waals surface area contributed by atoms with E-state index in [2.05, 4.69) is 10.6 Å². The number of halogens is 1. The average molecular weight is 334 g/mol. The number of nitro benzene ring substituents is 1. The molecule has 0 heterocycles. The SMILES string of the molecule is O=C(CNc1ccc(Cl)c([N+](=O)[O-])c1)NCCc1ccccc1. The maximum atomic E-state index is 11.8. The predicted molar refractivity (Wildman–Crippen MR) is 89.8 cm³/mol. The number of benzene rings is 2. The number of nitrogens with one attached hydrogen (secondary N) is 2. The molecule has 2 aromatic carbocycles. The molecular weight excluding hydrogens is 318 g/mol. The van der Waals surface area contributed by atoms with Crippen LogP contribution in [0.2, 0.25) is 5.02 Å². The zero-order valence-electron chi connectivity index (χ0n) is 12.3. The molecule has 0 saturated heterocycles. The van der Waals surface area contributed by atoms with Crippen molar-refractivity contribution in [3.8, 4) is 0 Å². The molecule has 6 nitrogen and oxygen atoms in total. The number of carbonyl (C=O) groups is 1. The van der Waals surface area contributed by atoms with E-state index in [1.165, 1.54) is 12.1 Å². The fourth-order valence-electron chi connectivity index (χ4n) is 2.00. The average Bonchev–Trinajstić information content (AvgIpc) is 2.55. The molecule has 0 saturated carbocycles. The molecule has 2 aromatic rings. The second kappa shape index (κ2) is 8.14. The first-order chi connectivity index (χ1) is 11.1. The molecule has 2 N–H and O–H groups in total. The third kappa shape index (κ3) is 5.27. The van der Waals surface area contributed by atoms with E-state index in [1.807, 2.05) is 30.3 Å². The summed E-state index contributed by atoms with van der Waals surface area (Å²) in [6, 6.07) is 14.2. The Labute approximate surface area is 138 Å². The lowest BCUT2D eigenvalue weighted by Gasteiger charge is -2.08. The van der Waals surface area contributed by atoms with Crippen LogP contribution in [0.3, 0.4) is 0 Å². The van der Waals surface area contributed by atoms with Crippen LogP contribution in [0.25, 0.3) is 0 Å². The Balaban J connectivity index is 1.78. The molecule has 0 fully saturated rings. The third-order valence-electron chi connectivity index (χ3n) is 3.17. The van der Waals surface area contributed by atoms with Gasteiger partial charge < -0.3 is 10.6 Å². The minimum Gasteiger partial charge on any atom is -0.376 e. The Hall–Kier alpha value is -2.60. The maximum Gasteiger partial charge on any atom is 0.289 e. The molecule has 0 spiro atoms. The monoisotopic (exact) mass is 333 g/mol. The Bertz CT molecular complexity index is 692. The van der Waals surface area contributed by atoms with Crippen molar-refractivity contribution in [2.75, 3.05) is 18.4 Å². The van der Waals surface area contributed by atoms with E-state index >= 15 is 0 Å². The molecule has 0 aromatic heterocycles. The first-order valence-electron chi connectivity index (χ1n) is 7.04. The van der Waals surface area contributed by atoms with E-state index < -0.39 is 4.92 Å². The van der Waals surface area contributed by atoms with Gasteiger partial charge in [0.05, 0.1) is 11.5 Å². The Morgan fingerprint density at radius 1 is 1.17 bits per heavy atom. The smallest absolute Gasteiger partial charge is 0.289 e. The van der Waals surface area contributed by atoms with Gasteiger partial charge in [0.2, 0.25) is 5.91 Å². The summed E-state index contributed by atoms with van der Waals surface area (Å²) >= 11 is 5.73. The first kappa shape index (κ1) is 16.8. The molecule has 120 valence electrons. The quantitative estimate of drug-likeness (QED) is 0.602. The molecule has 7 heteroatoms. The van der Waals surface area contributed by atoms with Crippen LogP contribution in [0.5, 0.6) is 0 Å². The zero-order valence-corrected chi connectivity index (χ0v) is 13.0. The van der Waals surface area contributed by atoms with Gasteiger partial charge in [-0.05, 0) is 24.1 Å². The van der Waals surface area contributed by atoms with Crippen molar-refractivity contribution in [2.24, 2.45) is 0 Å². The van der Waals surface area contributed by atoms with E-state index in [0.717, 1.165) is 12.0 Å². The molecule has 0 aliphatic heterocycles. The lowest BCUT2D eigenvalue weighted by molar-refractivity contribution is -0.384. The molecule has 2 rings (SSSR count). The standard InChI is InChI=1S/C16H16ClN3O3/c17-14-7-6-13(10-15(14)20(22)23)19-11-16(21)18-9-8-12-4-2-1-3-5-12/h1-7,10,19H,8-9,11H2,(H,18,21). The number of amides is 1. The summed E-state index contributed by atoms with van der Waals surface area (Å²) in [7, 11) is 0. The number of nitro groups is 1. The largest absolute Gasteiger partial charge is 0.376 e. The summed E-state index contributed by atoms with van der Waals surface area (Å²) in [5, 5.41) is 16.5. The summed E-state index contributed by atoms with van der Waals surface area (Å²) in [6.07, 6.45) is 0.749. The molecule has 0 aliphatic carbocycles. The van der Waals surface area contributed by atoms with E-state index in [-0.39, 0.29) is 23.2 Å². The van der Waals surface area contributed by atoms with Crippen molar-refractivity contribution in [1.82, 2.24) is 5.32 Å². The highest BCUT2D eigenvalue weighted by Gasteiger charge is 2.12. The second-order valence-electron chi connectivity index (χ2n) is 4.86. The molecule has 0 unspecified atom stereocenters. The summed E-state index contributed by atoms with van der Waals surface area (Å²) in [5.41, 5.74) is 1.43. The number of carbonyl (C=O) groups excluding carboxylic acids is 1. The van der Waals surface area contributed by atoms with E-state index in [0.29, 0.717) is 12.2 Å². The van der Waals surface area contributed by atoms with Gasteiger partial charge in [0, 0.05) is 18.3 Å². The van der Waals surface area contributed by atoms with Crippen LogP contribution >= 0.6 is 11.6 Å². The summed E-state index contributed by atoms with van der Waals surface area (Å²) in [4.78, 5) is 22.0. The lowest BCUT2D eigenvalue weighted by atomic mass is 10.1. The van der Waals surface area contributed by atoms with Gasteiger partial charge in [-0.15, -0.1) is 0 Å². The lowest BCUT2D eigenvalue weighted by Crippen LogP contribution is -2.31. The second-order valence-corrected chi connectivity index (χ2v) is 5.27. The predicted octanol–water partition coefficient (Wildman–Crippen LogP) is 3.02. The minimum absolute atomic E-state index is 0.0353. The van der Waals surface area contributed by atoms with Gasteiger partial charge in [-0.3, -0.25) is 14.9 Å². The van der Waals surface area contributed by atoms with Crippen LogP contribution in [0, 0.1) is 10.1 Å². The van der Waals surface area contributed by atoms with Gasteiger partial charge in [0.25, 0.3) is 5.69 Å². The molecule has 0 atom stereocenters. The molecule has 0 bridgehead atoms. The number of nitrogens with zero attached hydrogens (tertiary/aromatic N) is 1. The fraction of sp³-hybridized carbons (Fsp3) is 0.188. The van der Waals surface area contributed by atoms with Crippen molar-refractivity contribution >= 4 is 28.9 Å². The van der Waals surface area contributed by atoms with Crippen LogP contribution in [-0.4, -0.2) is 23.9 Å². The number of anilines is 1. The fourth-order valence-corrected chi connectivity index (χ4v) is 2.18. The van der Waals surface area contributed by atoms with Crippen molar-refractivity contribution < 1.29 is 9.72 Å². The van der Waals surface area contributed by atoms with Crippen LogP contribution in [0.15, 0.2) is 48.5 Å². The molecule has 23 heavy (non-hydrogen) atoms. The van der Waals surface area contributed by atoms with Crippen LogP contribution in [0.4, 0.5) is 11.4 Å². The van der Waals surface area contributed by atoms with Crippen LogP contribution < -0.4 is 10.6 Å². The molecule has 0 radical (unpaired) electrons. The van der Waals surface area contributed by atoms with Gasteiger partial charge in [0.1, 0.15) is 5.02 Å². The van der Waals surface area contributed by atoms with E-state index in [1.54, 1.807) is 6.07 Å². The number of hydrogen-bond donors (Lipinski definition) is 2. The number of hydrogen-bond acceptors (Lipinski definition) is 4. The topological polar surface area (TPSA) is 84.3 Å². The Morgan fingerprint density at radius 2 is 1.91 bits per heavy atom. The van der Waals surface area contributed by atoms with Gasteiger partial charge in [-0.1, -0.05) is 41.9 Å². The molecule has 0 aliphatic rings. The highest BCUT2D eigenvalue weighted by Crippen LogP contribution is 2.27. The van der Waals surface area contributed by atoms with Crippen molar-refractivity contribution in [3.63, 3.8) is 0 Å². The third-order valence-corrected chi connectivity index (χ3v) is 3.49. The van der Waals surface area contributed by atoms with E-state index in [9.17, 15) is 14.9 Å². The number of rotatable bonds is 7. The van der Waals surface area contributed by atoms with Crippen molar-refractivity contribution in [2.45, 2.75) is 6.42 Å². The Kier molecular flexibility index (Phi) is 5.94. The van der Waals surface area contributed by atoms with Gasteiger partial charge in [-0.2, -0.15) is 0 Å². The minimum atomic E-state index is -0.562. The van der Waals surface area contributed by atoms with Crippen molar-refractivity contribution in [1.29, 1.82) is 0 Å². The van der Waals surface area contributed by atoms with Crippen LogP contribution in [-0.2, 0) is 11.2 Å². The molecular formula is C16H16ClN3O3. The zero-order chi connectivity index (χ0) is 16.7. The normalized spacial score (nSPS) is 10.1. The first-order valence-corrected chi connectivity index (χ1v) is 7.42. The maximum absolute atomic E-state index is 11.8. The van der Waals surface area contributed by atoms with Gasteiger partial charge in [0.15, 0.2) is 0 Å². The van der Waals surface area contributed by atoms with E-state index in [4.69, 9.17) is 11.6 Å². The highest BCUT2D eigenvalue weighted by molar-refractivity contribution is 6.32. The van der Waals surface area contributed by atoms with Crippen LogP contribution in [0.1, 0.15) is 5.56 Å². The summed E-state index contributed by atoms with van der Waals surface area (Å²) in [5.74, 6) is -0.182. The molecule has 1 amide bonds.